The van der Waals surface area contributed by atoms with Crippen LogP contribution < -0.4 is 9.80 Å². The summed E-state index contributed by atoms with van der Waals surface area (Å²) in [5, 5.41) is 0.606. The number of piperazine rings is 1. The van der Waals surface area contributed by atoms with E-state index in [1.54, 1.807) is 0 Å². The van der Waals surface area contributed by atoms with Crippen molar-refractivity contribution in [1.82, 2.24) is 4.90 Å². The molecule has 0 unspecified atom stereocenters. The van der Waals surface area contributed by atoms with E-state index in [4.69, 9.17) is 0 Å². The third-order valence-electron chi connectivity index (χ3n) is 5.93. The molecule has 0 aromatic heterocycles. The molecule has 4 rings (SSSR count). The molecule has 3 aromatic carbocycles. The van der Waals surface area contributed by atoms with Crippen molar-refractivity contribution in [2.45, 2.75) is 30.4 Å². The molecule has 0 bridgehead atoms. The Balaban J connectivity index is 1.31. The van der Waals surface area contributed by atoms with Crippen molar-refractivity contribution in [1.29, 1.82) is 0 Å². The Hall–Kier alpha value is -2.43. The SMILES string of the molecule is CC(C)Sc1ccccc1N1CCN(CCCN(c2ccccc2)c2ccccc2)CC1. The molecule has 1 aliphatic heterocycles. The lowest BCUT2D eigenvalue weighted by molar-refractivity contribution is 0.256. The van der Waals surface area contributed by atoms with Gasteiger partial charge in [0, 0.05) is 54.2 Å². The van der Waals surface area contributed by atoms with E-state index in [1.807, 2.05) is 11.8 Å². The summed E-state index contributed by atoms with van der Waals surface area (Å²) in [7, 11) is 0. The second kappa shape index (κ2) is 11.4. The molecule has 1 aliphatic rings. The Kier molecular flexibility index (Phi) is 8.13. The summed E-state index contributed by atoms with van der Waals surface area (Å²) in [4.78, 5) is 9.05. The first-order valence-electron chi connectivity index (χ1n) is 11.8. The fraction of sp³-hybridized carbons (Fsp3) is 0.357. The van der Waals surface area contributed by atoms with Gasteiger partial charge in [-0.25, -0.2) is 0 Å². The third kappa shape index (κ3) is 6.08. The van der Waals surface area contributed by atoms with Gasteiger partial charge in [0.15, 0.2) is 0 Å². The smallest absolute Gasteiger partial charge is 0.0505 e. The maximum absolute atomic E-state index is 2.63. The van der Waals surface area contributed by atoms with Crippen LogP contribution in [0.25, 0.3) is 0 Å². The molecule has 1 saturated heterocycles. The van der Waals surface area contributed by atoms with Crippen LogP contribution in [0.3, 0.4) is 0 Å². The molecule has 0 saturated carbocycles. The standard InChI is InChI=1S/C28H35N3S/c1-24(2)32-28-17-10-9-16-27(28)30-22-20-29(21-23-30)18-11-19-31(25-12-5-3-6-13-25)26-14-7-4-8-15-26/h3-10,12-17,24H,11,18-23H2,1-2H3. The summed E-state index contributed by atoms with van der Waals surface area (Å²) < 4.78 is 0. The molecular weight excluding hydrogens is 410 g/mol. The molecule has 3 nitrogen and oxygen atoms in total. The lowest BCUT2D eigenvalue weighted by Gasteiger charge is -2.37. The van der Waals surface area contributed by atoms with E-state index < -0.39 is 0 Å². The minimum atomic E-state index is 0.606. The molecule has 0 aliphatic carbocycles. The van der Waals surface area contributed by atoms with Crippen molar-refractivity contribution in [3.05, 3.63) is 84.9 Å². The molecule has 0 radical (unpaired) electrons. The average molecular weight is 446 g/mol. The van der Waals surface area contributed by atoms with E-state index in [1.165, 1.54) is 22.0 Å². The van der Waals surface area contributed by atoms with E-state index >= 15 is 0 Å². The highest BCUT2D eigenvalue weighted by atomic mass is 32.2. The van der Waals surface area contributed by atoms with E-state index in [0.29, 0.717) is 5.25 Å². The normalized spacial score (nSPS) is 14.7. The molecule has 4 heteroatoms. The van der Waals surface area contributed by atoms with Gasteiger partial charge in [0.1, 0.15) is 0 Å². The molecule has 0 atom stereocenters. The topological polar surface area (TPSA) is 9.72 Å². The van der Waals surface area contributed by atoms with Crippen molar-refractivity contribution in [3.8, 4) is 0 Å². The van der Waals surface area contributed by atoms with Crippen molar-refractivity contribution in [2.24, 2.45) is 0 Å². The number of thioether (sulfide) groups is 1. The summed E-state index contributed by atoms with van der Waals surface area (Å²) in [5.41, 5.74) is 3.94. The van der Waals surface area contributed by atoms with Crippen LogP contribution in [0.15, 0.2) is 89.8 Å². The van der Waals surface area contributed by atoms with Gasteiger partial charge in [-0.1, -0.05) is 62.4 Å². The fourth-order valence-corrected chi connectivity index (χ4v) is 5.34. The average Bonchev–Trinajstić information content (AvgIpc) is 2.83. The molecular formula is C28H35N3S. The van der Waals surface area contributed by atoms with Crippen LogP contribution in [0.2, 0.25) is 0 Å². The predicted molar refractivity (Wildman–Crippen MR) is 141 cm³/mol. The van der Waals surface area contributed by atoms with Crippen molar-refractivity contribution in [2.75, 3.05) is 49.1 Å². The van der Waals surface area contributed by atoms with Gasteiger partial charge < -0.3 is 9.80 Å². The maximum atomic E-state index is 2.63. The van der Waals surface area contributed by atoms with Gasteiger partial charge >= 0.3 is 0 Å². The second-order valence-corrected chi connectivity index (χ2v) is 10.3. The van der Waals surface area contributed by atoms with Crippen molar-refractivity contribution >= 4 is 28.8 Å². The number of nitrogens with zero attached hydrogens (tertiary/aromatic N) is 3. The molecule has 32 heavy (non-hydrogen) atoms. The molecule has 0 amide bonds. The van der Waals surface area contributed by atoms with Crippen LogP contribution in [-0.4, -0.2) is 49.4 Å². The first-order chi connectivity index (χ1) is 15.7. The van der Waals surface area contributed by atoms with E-state index in [9.17, 15) is 0 Å². The number of anilines is 3. The van der Waals surface area contributed by atoms with Crippen LogP contribution in [0, 0.1) is 0 Å². The quantitative estimate of drug-likeness (QED) is 0.346. The summed E-state index contributed by atoms with van der Waals surface area (Å²) in [5.74, 6) is 0. The first kappa shape index (κ1) is 22.8. The number of benzene rings is 3. The van der Waals surface area contributed by atoms with Gasteiger partial charge in [-0.2, -0.15) is 0 Å². The van der Waals surface area contributed by atoms with Gasteiger partial charge in [0.2, 0.25) is 0 Å². The molecule has 1 fully saturated rings. The number of rotatable bonds is 9. The van der Waals surface area contributed by atoms with Crippen LogP contribution in [0.4, 0.5) is 17.1 Å². The zero-order valence-electron chi connectivity index (χ0n) is 19.4. The molecule has 3 aromatic rings. The Morgan fingerprint density at radius 2 is 1.31 bits per heavy atom. The fourth-order valence-electron chi connectivity index (χ4n) is 4.36. The Morgan fingerprint density at radius 1 is 0.750 bits per heavy atom. The maximum Gasteiger partial charge on any atom is 0.0505 e. The molecule has 1 heterocycles. The van der Waals surface area contributed by atoms with Gasteiger partial charge in [0.25, 0.3) is 0 Å². The lowest BCUT2D eigenvalue weighted by atomic mass is 10.2. The zero-order chi connectivity index (χ0) is 22.2. The highest BCUT2D eigenvalue weighted by molar-refractivity contribution is 8.00. The van der Waals surface area contributed by atoms with Crippen LogP contribution in [0.5, 0.6) is 0 Å². The summed E-state index contributed by atoms with van der Waals surface area (Å²) in [6.07, 6.45) is 1.16. The zero-order valence-corrected chi connectivity index (χ0v) is 20.2. The summed E-state index contributed by atoms with van der Waals surface area (Å²) in [6.45, 7) is 11.2. The van der Waals surface area contributed by atoms with Crippen LogP contribution in [-0.2, 0) is 0 Å². The molecule has 168 valence electrons. The Morgan fingerprint density at radius 3 is 1.91 bits per heavy atom. The largest absolute Gasteiger partial charge is 0.368 e. The third-order valence-corrected chi connectivity index (χ3v) is 7.00. The highest BCUT2D eigenvalue weighted by Gasteiger charge is 2.20. The van der Waals surface area contributed by atoms with E-state index in [-0.39, 0.29) is 0 Å². The molecule has 0 spiro atoms. The molecule has 0 N–H and O–H groups in total. The first-order valence-corrected chi connectivity index (χ1v) is 12.7. The van der Waals surface area contributed by atoms with Crippen molar-refractivity contribution in [3.63, 3.8) is 0 Å². The van der Waals surface area contributed by atoms with Crippen molar-refractivity contribution < 1.29 is 0 Å². The lowest BCUT2D eigenvalue weighted by Crippen LogP contribution is -2.47. The van der Waals surface area contributed by atoms with Gasteiger partial charge in [-0.05, 0) is 49.4 Å². The van der Waals surface area contributed by atoms with Gasteiger partial charge in [-0.15, -0.1) is 11.8 Å². The monoisotopic (exact) mass is 445 g/mol. The number of para-hydroxylation sites is 3. The summed E-state index contributed by atoms with van der Waals surface area (Å²) >= 11 is 1.97. The van der Waals surface area contributed by atoms with Gasteiger partial charge in [-0.3, -0.25) is 4.90 Å². The predicted octanol–water partition coefficient (Wildman–Crippen LogP) is 6.54. The minimum Gasteiger partial charge on any atom is -0.368 e. The second-order valence-electron chi connectivity index (χ2n) is 8.64. The highest BCUT2D eigenvalue weighted by Crippen LogP contribution is 2.33. The van der Waals surface area contributed by atoms with Crippen LogP contribution in [0.1, 0.15) is 20.3 Å². The van der Waals surface area contributed by atoms with Crippen LogP contribution >= 0.6 is 11.8 Å². The number of hydrogen-bond acceptors (Lipinski definition) is 4. The van der Waals surface area contributed by atoms with E-state index in [0.717, 1.165) is 45.7 Å². The minimum absolute atomic E-state index is 0.606. The van der Waals surface area contributed by atoms with E-state index in [2.05, 4.69) is 113 Å². The summed E-state index contributed by atoms with van der Waals surface area (Å²) in [6, 6.07) is 30.4. The van der Waals surface area contributed by atoms with Gasteiger partial charge in [0.05, 0.1) is 5.69 Å². The Labute approximate surface area is 198 Å². The number of hydrogen-bond donors (Lipinski definition) is 0. The Bertz CT molecular complexity index is 898.